The molecular formula is C12H15BrFNO2. The van der Waals surface area contributed by atoms with Crippen molar-refractivity contribution in [3.05, 3.63) is 34.1 Å². The minimum Gasteiger partial charge on any atom is -0.395 e. The van der Waals surface area contributed by atoms with E-state index < -0.39 is 0 Å². The van der Waals surface area contributed by atoms with Crippen molar-refractivity contribution in [3.63, 3.8) is 0 Å². The Bertz CT molecular complexity index is 398. The quantitative estimate of drug-likeness (QED) is 0.903. The zero-order valence-electron chi connectivity index (χ0n) is 9.62. The molecule has 0 aliphatic heterocycles. The number of carbonyl (C=O) groups is 1. The van der Waals surface area contributed by atoms with E-state index in [0.717, 1.165) is 5.56 Å². The molecule has 17 heavy (non-hydrogen) atoms. The minimum absolute atomic E-state index is 0.0489. The van der Waals surface area contributed by atoms with Crippen LogP contribution < -0.4 is 0 Å². The lowest BCUT2D eigenvalue weighted by atomic mass is 10.1. The van der Waals surface area contributed by atoms with Gasteiger partial charge in [0.2, 0.25) is 5.91 Å². The lowest BCUT2D eigenvalue weighted by Crippen LogP contribution is -2.34. The van der Waals surface area contributed by atoms with Gasteiger partial charge in [-0.25, -0.2) is 4.39 Å². The number of likely N-dealkylation sites (N-methyl/N-ethyl adjacent to an activating group) is 1. The first-order valence-corrected chi connectivity index (χ1v) is 6.20. The molecule has 0 spiro atoms. The average molecular weight is 304 g/mol. The smallest absolute Gasteiger partial charge is 0.227 e. The number of carbonyl (C=O) groups excluding carboxylic acids is 1. The van der Waals surface area contributed by atoms with Crippen LogP contribution in [0.1, 0.15) is 12.5 Å². The molecule has 0 atom stereocenters. The summed E-state index contributed by atoms with van der Waals surface area (Å²) in [5.74, 6) is -0.413. The number of halogens is 2. The van der Waals surface area contributed by atoms with E-state index in [1.54, 1.807) is 17.0 Å². The first-order valence-electron chi connectivity index (χ1n) is 5.41. The molecule has 1 aromatic rings. The number of hydrogen-bond acceptors (Lipinski definition) is 2. The summed E-state index contributed by atoms with van der Waals surface area (Å²) in [6.45, 7) is 2.69. The topological polar surface area (TPSA) is 40.5 Å². The van der Waals surface area contributed by atoms with Gasteiger partial charge in [0.05, 0.1) is 17.5 Å². The summed E-state index contributed by atoms with van der Waals surface area (Å²) in [5, 5.41) is 8.81. The van der Waals surface area contributed by atoms with Gasteiger partial charge >= 0.3 is 0 Å². The fraction of sp³-hybridized carbons (Fsp3) is 0.417. The molecule has 0 radical (unpaired) electrons. The van der Waals surface area contributed by atoms with Crippen molar-refractivity contribution in [2.75, 3.05) is 19.7 Å². The monoisotopic (exact) mass is 303 g/mol. The van der Waals surface area contributed by atoms with Crippen LogP contribution in [-0.2, 0) is 11.2 Å². The molecule has 0 aromatic heterocycles. The Labute approximate surface area is 108 Å². The van der Waals surface area contributed by atoms with Crippen molar-refractivity contribution in [2.24, 2.45) is 0 Å². The molecule has 94 valence electrons. The second-order valence-electron chi connectivity index (χ2n) is 3.62. The van der Waals surface area contributed by atoms with Gasteiger partial charge in [-0.3, -0.25) is 4.79 Å². The van der Waals surface area contributed by atoms with Crippen molar-refractivity contribution < 1.29 is 14.3 Å². The van der Waals surface area contributed by atoms with Crippen LogP contribution in [0.25, 0.3) is 0 Å². The number of hydrogen-bond donors (Lipinski definition) is 1. The largest absolute Gasteiger partial charge is 0.395 e. The molecule has 1 amide bonds. The lowest BCUT2D eigenvalue weighted by molar-refractivity contribution is -0.130. The molecule has 1 rings (SSSR count). The summed E-state index contributed by atoms with van der Waals surface area (Å²) in [7, 11) is 0. The second-order valence-corrected chi connectivity index (χ2v) is 4.48. The molecule has 0 aliphatic carbocycles. The first-order chi connectivity index (χ1) is 8.08. The van der Waals surface area contributed by atoms with Crippen molar-refractivity contribution in [3.8, 4) is 0 Å². The van der Waals surface area contributed by atoms with Gasteiger partial charge in [-0.15, -0.1) is 0 Å². The normalized spacial score (nSPS) is 10.4. The van der Waals surface area contributed by atoms with Crippen LogP contribution >= 0.6 is 15.9 Å². The van der Waals surface area contributed by atoms with Crippen molar-refractivity contribution in [1.82, 2.24) is 4.90 Å². The fourth-order valence-corrected chi connectivity index (χ4v) is 1.94. The zero-order chi connectivity index (χ0) is 12.8. The Balaban J connectivity index is 2.69. The third-order valence-corrected chi connectivity index (χ3v) is 3.05. The number of aliphatic hydroxyl groups is 1. The van der Waals surface area contributed by atoms with Crippen LogP contribution in [0.5, 0.6) is 0 Å². The second kappa shape index (κ2) is 6.71. The molecule has 1 N–H and O–H groups in total. The Morgan fingerprint density at radius 2 is 2.24 bits per heavy atom. The van der Waals surface area contributed by atoms with Crippen LogP contribution in [0.3, 0.4) is 0 Å². The molecule has 0 bridgehead atoms. The summed E-state index contributed by atoms with van der Waals surface area (Å²) in [6, 6.07) is 4.51. The van der Waals surface area contributed by atoms with E-state index >= 15 is 0 Å². The average Bonchev–Trinajstić information content (AvgIpc) is 2.30. The zero-order valence-corrected chi connectivity index (χ0v) is 11.2. The summed E-state index contributed by atoms with van der Waals surface area (Å²) >= 11 is 3.08. The van der Waals surface area contributed by atoms with E-state index in [4.69, 9.17) is 5.11 Å². The molecule has 0 saturated carbocycles. The molecule has 0 heterocycles. The fourth-order valence-electron chi connectivity index (χ4n) is 1.52. The summed E-state index contributed by atoms with van der Waals surface area (Å²) in [5.41, 5.74) is 0.750. The van der Waals surface area contributed by atoms with Crippen molar-refractivity contribution in [2.45, 2.75) is 13.3 Å². The van der Waals surface area contributed by atoms with E-state index in [0.29, 0.717) is 17.6 Å². The molecule has 3 nitrogen and oxygen atoms in total. The molecule has 0 saturated heterocycles. The predicted molar refractivity (Wildman–Crippen MR) is 67.1 cm³/mol. The van der Waals surface area contributed by atoms with Gasteiger partial charge in [0, 0.05) is 13.1 Å². The van der Waals surface area contributed by atoms with E-state index in [1.807, 2.05) is 6.92 Å². The van der Waals surface area contributed by atoms with Gasteiger partial charge < -0.3 is 10.0 Å². The van der Waals surface area contributed by atoms with Crippen molar-refractivity contribution in [1.29, 1.82) is 0 Å². The highest BCUT2D eigenvalue weighted by Gasteiger charge is 2.12. The number of aliphatic hydroxyl groups excluding tert-OH is 1. The molecule has 0 unspecified atom stereocenters. The summed E-state index contributed by atoms with van der Waals surface area (Å²) in [6.07, 6.45) is 0.215. The highest BCUT2D eigenvalue weighted by molar-refractivity contribution is 9.10. The van der Waals surface area contributed by atoms with E-state index in [9.17, 15) is 9.18 Å². The molecule has 0 aliphatic rings. The van der Waals surface area contributed by atoms with E-state index in [1.165, 1.54) is 6.07 Å². The van der Waals surface area contributed by atoms with Crippen LogP contribution in [0, 0.1) is 5.82 Å². The van der Waals surface area contributed by atoms with Crippen LogP contribution in [0.4, 0.5) is 4.39 Å². The van der Waals surface area contributed by atoms with Gasteiger partial charge in [0.25, 0.3) is 0 Å². The van der Waals surface area contributed by atoms with Crippen LogP contribution in [-0.4, -0.2) is 35.6 Å². The van der Waals surface area contributed by atoms with Crippen LogP contribution in [0.15, 0.2) is 22.7 Å². The third kappa shape index (κ3) is 4.09. The Morgan fingerprint density at radius 1 is 1.53 bits per heavy atom. The molecular weight excluding hydrogens is 289 g/mol. The first kappa shape index (κ1) is 14.1. The molecule has 0 fully saturated rings. The number of rotatable bonds is 5. The Kier molecular flexibility index (Phi) is 5.58. The Hall–Kier alpha value is -0.940. The minimum atomic E-state index is -0.344. The van der Waals surface area contributed by atoms with Gasteiger partial charge in [-0.1, -0.05) is 6.07 Å². The number of benzene rings is 1. The van der Waals surface area contributed by atoms with E-state index in [-0.39, 0.29) is 24.8 Å². The standard InChI is InChI=1S/C12H15BrFNO2/c1-2-15(5-6-16)12(17)8-9-3-4-11(14)10(13)7-9/h3-4,7,16H,2,5-6,8H2,1H3. The maximum atomic E-state index is 13.0. The number of amides is 1. The molecule has 5 heteroatoms. The highest BCUT2D eigenvalue weighted by Crippen LogP contribution is 2.17. The van der Waals surface area contributed by atoms with Crippen LogP contribution in [0.2, 0.25) is 0 Å². The maximum absolute atomic E-state index is 13.0. The third-order valence-electron chi connectivity index (χ3n) is 2.44. The van der Waals surface area contributed by atoms with E-state index in [2.05, 4.69) is 15.9 Å². The number of nitrogens with zero attached hydrogens (tertiary/aromatic N) is 1. The van der Waals surface area contributed by atoms with Crippen molar-refractivity contribution >= 4 is 21.8 Å². The molecule has 1 aromatic carbocycles. The van der Waals surface area contributed by atoms with Gasteiger partial charge in [0.15, 0.2) is 0 Å². The summed E-state index contributed by atoms with van der Waals surface area (Å²) in [4.78, 5) is 13.4. The summed E-state index contributed by atoms with van der Waals surface area (Å²) < 4.78 is 13.4. The predicted octanol–water partition coefficient (Wildman–Crippen LogP) is 1.97. The SMILES string of the molecule is CCN(CCO)C(=O)Cc1ccc(F)c(Br)c1. The van der Waals surface area contributed by atoms with Gasteiger partial charge in [-0.05, 0) is 40.5 Å². The van der Waals surface area contributed by atoms with Gasteiger partial charge in [-0.2, -0.15) is 0 Å². The lowest BCUT2D eigenvalue weighted by Gasteiger charge is -2.19. The van der Waals surface area contributed by atoms with Gasteiger partial charge in [0.1, 0.15) is 5.82 Å². The highest BCUT2D eigenvalue weighted by atomic mass is 79.9. The maximum Gasteiger partial charge on any atom is 0.227 e. The Morgan fingerprint density at radius 3 is 2.76 bits per heavy atom.